The van der Waals surface area contributed by atoms with Crippen LogP contribution in [0.1, 0.15) is 73.1 Å². The van der Waals surface area contributed by atoms with Crippen LogP contribution in [0.25, 0.3) is 0 Å². The zero-order valence-corrected chi connectivity index (χ0v) is 23.7. The summed E-state index contributed by atoms with van der Waals surface area (Å²) < 4.78 is 17.3. The number of aliphatic hydroxyl groups is 4. The molecule has 2 heterocycles. The molecule has 0 radical (unpaired) electrons. The summed E-state index contributed by atoms with van der Waals surface area (Å²) in [6, 6.07) is 0. The molecule has 0 aromatic rings. The third-order valence-electron chi connectivity index (χ3n) is 12.3. The maximum Gasteiger partial charge on any atom is 0.334 e. The van der Waals surface area contributed by atoms with Gasteiger partial charge < -0.3 is 34.6 Å². The average molecular weight is 561 g/mol. The molecule has 220 valence electrons. The van der Waals surface area contributed by atoms with Crippen molar-refractivity contribution in [3.63, 3.8) is 0 Å². The first-order valence-corrected chi connectivity index (χ1v) is 14.3. The van der Waals surface area contributed by atoms with Crippen molar-refractivity contribution < 1.29 is 49.0 Å². The van der Waals surface area contributed by atoms with Gasteiger partial charge in [0.15, 0.2) is 5.78 Å². The van der Waals surface area contributed by atoms with Crippen LogP contribution in [0.15, 0.2) is 23.3 Å². The Bertz CT molecular complexity index is 1250. The van der Waals surface area contributed by atoms with Crippen molar-refractivity contribution >= 4 is 17.7 Å². The highest BCUT2D eigenvalue weighted by atomic mass is 16.6. The summed E-state index contributed by atoms with van der Waals surface area (Å²) in [5.74, 6) is -2.28. The maximum atomic E-state index is 13.5. The van der Waals surface area contributed by atoms with E-state index in [0.29, 0.717) is 18.4 Å². The first-order chi connectivity index (χ1) is 18.5. The molecule has 4 N–H and O–H groups in total. The van der Waals surface area contributed by atoms with Crippen molar-refractivity contribution in [3.05, 3.63) is 23.3 Å². The fraction of sp³-hybridized carbons (Fsp3) is 0.767. The predicted molar refractivity (Wildman–Crippen MR) is 138 cm³/mol. The number of allylic oxidation sites excluding steroid dienone is 1. The molecule has 0 aromatic heterocycles. The van der Waals surface area contributed by atoms with Crippen molar-refractivity contribution in [1.29, 1.82) is 0 Å². The molecule has 1 saturated heterocycles. The van der Waals surface area contributed by atoms with Crippen LogP contribution >= 0.6 is 0 Å². The third kappa shape index (κ3) is 2.99. The topological polar surface area (TPSA) is 163 Å². The van der Waals surface area contributed by atoms with Gasteiger partial charge in [-0.25, -0.2) is 4.79 Å². The molecule has 0 aromatic carbocycles. The van der Waals surface area contributed by atoms with Gasteiger partial charge in [-0.3, -0.25) is 9.59 Å². The van der Waals surface area contributed by atoms with E-state index in [2.05, 4.69) is 0 Å². The highest BCUT2D eigenvalue weighted by molar-refractivity contribution is 5.98. The summed E-state index contributed by atoms with van der Waals surface area (Å²) in [4.78, 5) is 38.2. The van der Waals surface area contributed by atoms with Crippen LogP contribution in [0, 0.1) is 22.7 Å². The number of fused-ring (bicyclic) bond motifs is 4. The zero-order chi connectivity index (χ0) is 29.3. The number of ether oxygens (including phenoxy) is 3. The second-order valence-electron chi connectivity index (χ2n) is 13.6. The molecule has 2 aliphatic heterocycles. The van der Waals surface area contributed by atoms with Gasteiger partial charge in [0.1, 0.15) is 35.6 Å². The van der Waals surface area contributed by atoms with Crippen LogP contribution in [0.2, 0.25) is 0 Å². The number of carbonyl (C=O) groups is 3. The number of carbonyl (C=O) groups excluding carboxylic acids is 3. The first-order valence-electron chi connectivity index (χ1n) is 14.3. The molecule has 3 saturated carbocycles. The highest BCUT2D eigenvalue weighted by Gasteiger charge is 2.85. The zero-order valence-electron chi connectivity index (χ0n) is 23.7. The van der Waals surface area contributed by atoms with Crippen LogP contribution in [0.3, 0.4) is 0 Å². The van der Waals surface area contributed by atoms with E-state index in [1.807, 2.05) is 0 Å². The SMILES string of the molecule is CC(=O)OC[C@]12CC[C@H]3[C@@H](C[C@H]4O[C@]45[C@H](O)C=CC(=O)[C@]35C)[C@]1(O)CC[C@@]2(O)[C@@](C)(O)C1CC(C)=C(C)C(=O)O1. The fourth-order valence-corrected chi connectivity index (χ4v) is 9.72. The van der Waals surface area contributed by atoms with Gasteiger partial charge in [-0.05, 0) is 83.8 Å². The van der Waals surface area contributed by atoms with Crippen LogP contribution in [-0.2, 0) is 28.6 Å². The summed E-state index contributed by atoms with van der Waals surface area (Å²) in [5.41, 5.74) is -8.16. The maximum absolute atomic E-state index is 13.5. The molecule has 4 fully saturated rings. The minimum Gasteiger partial charge on any atom is -0.465 e. The van der Waals surface area contributed by atoms with Crippen LogP contribution in [-0.4, -0.2) is 85.5 Å². The first kappa shape index (κ1) is 28.0. The molecule has 6 aliphatic rings. The lowest BCUT2D eigenvalue weighted by Gasteiger charge is -2.64. The number of hydrogen-bond acceptors (Lipinski definition) is 10. The number of aliphatic hydroxyl groups excluding tert-OH is 1. The van der Waals surface area contributed by atoms with E-state index in [1.165, 1.54) is 26.0 Å². The second kappa shape index (κ2) is 8.25. The van der Waals surface area contributed by atoms with E-state index >= 15 is 0 Å². The van der Waals surface area contributed by atoms with E-state index in [4.69, 9.17) is 14.2 Å². The lowest BCUT2D eigenvalue weighted by atomic mass is 9.42. The minimum atomic E-state index is -2.01. The molecular weight excluding hydrogens is 520 g/mol. The van der Waals surface area contributed by atoms with Crippen molar-refractivity contribution in [2.75, 3.05) is 6.61 Å². The van der Waals surface area contributed by atoms with Crippen LogP contribution in [0.5, 0.6) is 0 Å². The predicted octanol–water partition coefficient (Wildman–Crippen LogP) is 1.27. The molecule has 6 rings (SSSR count). The number of cyclic esters (lactones) is 1. The molecule has 1 spiro atoms. The monoisotopic (exact) mass is 560 g/mol. The van der Waals surface area contributed by atoms with Crippen LogP contribution < -0.4 is 0 Å². The molecule has 1 unspecified atom stereocenters. The van der Waals surface area contributed by atoms with Gasteiger partial charge in [-0.15, -0.1) is 0 Å². The Morgan fingerprint density at radius 1 is 1.18 bits per heavy atom. The molecule has 4 aliphatic carbocycles. The van der Waals surface area contributed by atoms with E-state index in [-0.39, 0.29) is 44.0 Å². The fourth-order valence-electron chi connectivity index (χ4n) is 9.72. The van der Waals surface area contributed by atoms with Crippen molar-refractivity contribution in [2.45, 2.75) is 114 Å². The van der Waals surface area contributed by atoms with Gasteiger partial charge in [0.2, 0.25) is 0 Å². The van der Waals surface area contributed by atoms with Gasteiger partial charge in [0.05, 0.1) is 22.5 Å². The Labute approximate surface area is 233 Å². The van der Waals surface area contributed by atoms with Crippen LogP contribution in [0.4, 0.5) is 0 Å². The second-order valence-corrected chi connectivity index (χ2v) is 13.6. The quantitative estimate of drug-likeness (QED) is 0.291. The van der Waals surface area contributed by atoms with E-state index in [1.54, 1.807) is 20.8 Å². The standard InChI is InChI=1S/C30H40O10/c1-15-12-22(39-24(34)16(15)2)26(5,35)29(37)11-10-28(36)19-13-23-30(40-23)21(33)7-6-20(32)25(30,4)18(19)8-9-27(28,29)14-38-17(3)31/h6-7,18-19,21-23,33,35-37H,8-14H2,1-5H3/t18-,19+,21+,22?,23+,25-,26-,27+,28+,29+,30+/m0/s1. The number of ketones is 1. The Balaban J connectivity index is 1.45. The largest absolute Gasteiger partial charge is 0.465 e. The van der Waals surface area contributed by atoms with Gasteiger partial charge >= 0.3 is 11.9 Å². The number of rotatable bonds is 4. The minimum absolute atomic E-state index is 0.0410. The highest BCUT2D eigenvalue weighted by Crippen LogP contribution is 2.75. The summed E-state index contributed by atoms with van der Waals surface area (Å²) in [7, 11) is 0. The molecule has 11 atom stereocenters. The van der Waals surface area contributed by atoms with Gasteiger partial charge in [-0.1, -0.05) is 5.57 Å². The molecular formula is C30H40O10. The number of esters is 2. The Morgan fingerprint density at radius 2 is 1.88 bits per heavy atom. The summed E-state index contributed by atoms with van der Waals surface area (Å²) in [6.07, 6.45) is 1.41. The van der Waals surface area contributed by atoms with Gasteiger partial charge in [0, 0.05) is 18.9 Å². The van der Waals surface area contributed by atoms with Crippen molar-refractivity contribution in [1.82, 2.24) is 0 Å². The molecule has 0 bridgehead atoms. The molecule has 40 heavy (non-hydrogen) atoms. The van der Waals surface area contributed by atoms with Gasteiger partial charge in [0.25, 0.3) is 0 Å². The lowest BCUT2D eigenvalue weighted by Crippen LogP contribution is -2.75. The number of epoxide rings is 1. The van der Waals surface area contributed by atoms with Gasteiger partial charge in [-0.2, -0.15) is 0 Å². The van der Waals surface area contributed by atoms with E-state index in [9.17, 15) is 34.8 Å². The average Bonchev–Trinajstić information content (AvgIpc) is 3.58. The van der Waals surface area contributed by atoms with Crippen molar-refractivity contribution in [2.24, 2.45) is 22.7 Å². The van der Waals surface area contributed by atoms with Crippen molar-refractivity contribution in [3.8, 4) is 0 Å². The number of hydrogen-bond donors (Lipinski definition) is 4. The Kier molecular flexibility index (Phi) is 5.78. The van der Waals surface area contributed by atoms with E-state index in [0.717, 1.165) is 5.57 Å². The summed E-state index contributed by atoms with van der Waals surface area (Å²) >= 11 is 0. The Morgan fingerprint density at radius 3 is 2.52 bits per heavy atom. The summed E-state index contributed by atoms with van der Waals surface area (Å²) in [5, 5.41) is 48.5. The lowest BCUT2D eigenvalue weighted by molar-refractivity contribution is -0.297. The smallest absolute Gasteiger partial charge is 0.334 e. The molecule has 0 amide bonds. The summed E-state index contributed by atoms with van der Waals surface area (Å²) in [6.45, 7) is 7.55. The Hall–Kier alpha value is -2.11. The molecule has 10 heteroatoms. The molecule has 10 nitrogen and oxygen atoms in total. The normalized spacial score (nSPS) is 50.7. The van der Waals surface area contributed by atoms with E-state index < -0.39 is 69.4 Å². The third-order valence-corrected chi connectivity index (χ3v) is 12.3.